The van der Waals surface area contributed by atoms with E-state index in [1.807, 2.05) is 30.3 Å². The van der Waals surface area contributed by atoms with Crippen LogP contribution in [0.15, 0.2) is 54.6 Å². The van der Waals surface area contributed by atoms with Gasteiger partial charge in [-0.05, 0) is 61.4 Å². The van der Waals surface area contributed by atoms with Crippen LogP contribution in [0.5, 0.6) is 0 Å². The Kier molecular flexibility index (Phi) is 5.05. The Morgan fingerprint density at radius 3 is 2.39 bits per heavy atom. The number of hydrogen-bond donors (Lipinski definition) is 0. The molecule has 2 aromatic carbocycles. The van der Waals surface area contributed by atoms with Crippen molar-refractivity contribution in [2.45, 2.75) is 25.7 Å². The van der Waals surface area contributed by atoms with Gasteiger partial charge in [0.1, 0.15) is 0 Å². The predicted octanol–water partition coefficient (Wildman–Crippen LogP) is 5.17. The molecular formula is C23H17NO3S. The number of fused-ring (bicyclic) bond motifs is 1. The molecule has 1 aliphatic carbocycles. The summed E-state index contributed by atoms with van der Waals surface area (Å²) in [5.41, 5.74) is 3.13. The topological polar surface area (TPSA) is 60.2 Å². The monoisotopic (exact) mass is 387 g/mol. The van der Waals surface area contributed by atoms with Gasteiger partial charge in [0.05, 0.1) is 15.4 Å². The summed E-state index contributed by atoms with van der Waals surface area (Å²) >= 11 is 1.61. The number of benzene rings is 2. The zero-order valence-electron chi connectivity index (χ0n) is 15.1. The molecule has 0 radical (unpaired) electrons. The molecule has 0 saturated heterocycles. The first-order chi connectivity index (χ1) is 13.6. The van der Waals surface area contributed by atoms with E-state index in [1.165, 1.54) is 29.1 Å². The highest BCUT2D eigenvalue weighted by atomic mass is 32.1. The van der Waals surface area contributed by atoms with Gasteiger partial charge in [0.15, 0.2) is 5.78 Å². The van der Waals surface area contributed by atoms with E-state index in [-0.39, 0.29) is 11.5 Å². The first-order valence-corrected chi connectivity index (χ1v) is 9.96. The average molecular weight is 387 g/mol. The van der Waals surface area contributed by atoms with Gasteiger partial charge in [0, 0.05) is 28.1 Å². The van der Waals surface area contributed by atoms with Crippen LogP contribution in [0.25, 0.3) is 0 Å². The number of ketones is 1. The minimum atomic E-state index is -0.461. The van der Waals surface area contributed by atoms with Crippen molar-refractivity contribution in [3.63, 3.8) is 0 Å². The number of nitrogens with zero attached hydrogens (tertiary/aromatic N) is 1. The molecule has 0 unspecified atom stereocenters. The van der Waals surface area contributed by atoms with Crippen molar-refractivity contribution >= 4 is 22.8 Å². The molecule has 0 spiro atoms. The fraction of sp³-hybridized carbons (Fsp3) is 0.174. The van der Waals surface area contributed by atoms with Gasteiger partial charge < -0.3 is 0 Å². The molecule has 0 N–H and O–H groups in total. The number of rotatable bonds is 3. The van der Waals surface area contributed by atoms with E-state index in [0.717, 1.165) is 41.7 Å². The summed E-state index contributed by atoms with van der Waals surface area (Å²) in [5.74, 6) is 6.26. The zero-order chi connectivity index (χ0) is 19.5. The number of nitro groups is 1. The third kappa shape index (κ3) is 3.60. The third-order valence-electron chi connectivity index (χ3n) is 4.83. The molecule has 138 valence electrons. The summed E-state index contributed by atoms with van der Waals surface area (Å²) in [6.45, 7) is 0. The van der Waals surface area contributed by atoms with Gasteiger partial charge >= 0.3 is 0 Å². The number of carbonyl (C=O) groups is 1. The molecule has 3 aromatic rings. The summed E-state index contributed by atoms with van der Waals surface area (Å²) < 4.78 is 0. The molecule has 1 aromatic heterocycles. The fourth-order valence-electron chi connectivity index (χ4n) is 3.42. The van der Waals surface area contributed by atoms with Gasteiger partial charge in [-0.25, -0.2) is 0 Å². The van der Waals surface area contributed by atoms with Crippen LogP contribution in [-0.4, -0.2) is 10.7 Å². The molecule has 0 fully saturated rings. The zero-order valence-corrected chi connectivity index (χ0v) is 15.9. The highest BCUT2D eigenvalue weighted by Crippen LogP contribution is 2.35. The molecule has 5 heteroatoms. The Morgan fingerprint density at radius 1 is 0.964 bits per heavy atom. The van der Waals surface area contributed by atoms with Crippen LogP contribution in [-0.2, 0) is 12.8 Å². The summed E-state index contributed by atoms with van der Waals surface area (Å²) in [4.78, 5) is 25.7. The van der Waals surface area contributed by atoms with Gasteiger partial charge in [-0.3, -0.25) is 14.9 Å². The van der Waals surface area contributed by atoms with Gasteiger partial charge in [0.25, 0.3) is 5.69 Å². The lowest BCUT2D eigenvalue weighted by atomic mass is 9.91. The number of non-ortho nitro benzene ring substituents is 1. The number of hydrogen-bond acceptors (Lipinski definition) is 4. The van der Waals surface area contributed by atoms with E-state index in [2.05, 4.69) is 11.8 Å². The smallest absolute Gasteiger partial charge is 0.269 e. The molecule has 0 bridgehead atoms. The highest BCUT2D eigenvalue weighted by molar-refractivity contribution is 7.13. The SMILES string of the molecule is O=C(c1ccc([N+](=O)[O-])cc1)c1c(C#Cc2ccccc2)sc2c1CCCC2. The van der Waals surface area contributed by atoms with Crippen LogP contribution in [0.3, 0.4) is 0 Å². The molecule has 4 nitrogen and oxygen atoms in total. The molecule has 28 heavy (non-hydrogen) atoms. The van der Waals surface area contributed by atoms with Crippen LogP contribution < -0.4 is 0 Å². The van der Waals surface area contributed by atoms with Crippen LogP contribution in [0.1, 0.15) is 49.6 Å². The molecule has 4 rings (SSSR count). The molecule has 0 saturated carbocycles. The second-order valence-corrected chi connectivity index (χ2v) is 7.77. The van der Waals surface area contributed by atoms with E-state index in [0.29, 0.717) is 11.1 Å². The van der Waals surface area contributed by atoms with Crippen LogP contribution >= 0.6 is 11.3 Å². The van der Waals surface area contributed by atoms with Crippen molar-refractivity contribution in [3.8, 4) is 11.8 Å². The molecule has 0 atom stereocenters. The van der Waals surface area contributed by atoms with E-state index < -0.39 is 4.92 Å². The largest absolute Gasteiger partial charge is 0.289 e. The molecular weight excluding hydrogens is 370 g/mol. The fourth-order valence-corrected chi connectivity index (χ4v) is 4.66. The van der Waals surface area contributed by atoms with E-state index in [4.69, 9.17) is 0 Å². The average Bonchev–Trinajstić information content (AvgIpc) is 3.11. The van der Waals surface area contributed by atoms with Crippen molar-refractivity contribution in [2.75, 3.05) is 0 Å². The number of carbonyl (C=O) groups excluding carboxylic acids is 1. The van der Waals surface area contributed by atoms with Gasteiger partial charge in [-0.15, -0.1) is 11.3 Å². The summed E-state index contributed by atoms with van der Waals surface area (Å²) in [7, 11) is 0. The Labute approximate surface area is 167 Å². The standard InChI is InChI=1S/C23H17NO3S/c25-23(17-11-13-18(14-12-17)24(26)27)22-19-8-4-5-9-20(19)28-21(22)15-10-16-6-2-1-3-7-16/h1-3,6-7,11-14H,4-5,8-9H2. The van der Waals surface area contributed by atoms with Crippen molar-refractivity contribution in [1.29, 1.82) is 0 Å². The molecule has 1 heterocycles. The first-order valence-electron chi connectivity index (χ1n) is 9.14. The molecule has 1 aliphatic rings. The van der Waals surface area contributed by atoms with E-state index in [9.17, 15) is 14.9 Å². The second kappa shape index (κ2) is 7.79. The summed E-state index contributed by atoms with van der Waals surface area (Å²) in [5, 5.41) is 10.9. The highest BCUT2D eigenvalue weighted by Gasteiger charge is 2.25. The van der Waals surface area contributed by atoms with Crippen LogP contribution in [0.2, 0.25) is 0 Å². The van der Waals surface area contributed by atoms with E-state index >= 15 is 0 Å². The van der Waals surface area contributed by atoms with Crippen molar-refractivity contribution in [2.24, 2.45) is 0 Å². The minimum Gasteiger partial charge on any atom is -0.289 e. The van der Waals surface area contributed by atoms with Crippen LogP contribution in [0, 0.1) is 22.0 Å². The Hall–Kier alpha value is -3.23. The van der Waals surface area contributed by atoms with Crippen molar-refractivity contribution in [3.05, 3.63) is 96.7 Å². The Balaban J connectivity index is 1.76. The lowest BCUT2D eigenvalue weighted by molar-refractivity contribution is -0.384. The number of aryl methyl sites for hydroxylation is 1. The molecule has 0 aliphatic heterocycles. The van der Waals surface area contributed by atoms with Crippen molar-refractivity contribution < 1.29 is 9.72 Å². The normalized spacial score (nSPS) is 12.6. The summed E-state index contributed by atoms with van der Waals surface area (Å²) in [6, 6.07) is 15.5. The Morgan fingerprint density at radius 2 is 1.68 bits per heavy atom. The maximum absolute atomic E-state index is 13.3. The number of thiophene rings is 1. The lowest BCUT2D eigenvalue weighted by Crippen LogP contribution is -2.08. The first kappa shape index (κ1) is 18.1. The predicted molar refractivity (Wildman–Crippen MR) is 110 cm³/mol. The maximum Gasteiger partial charge on any atom is 0.269 e. The molecule has 0 amide bonds. The second-order valence-electron chi connectivity index (χ2n) is 6.66. The maximum atomic E-state index is 13.3. The van der Waals surface area contributed by atoms with Gasteiger partial charge in [-0.1, -0.05) is 24.1 Å². The van der Waals surface area contributed by atoms with Crippen LogP contribution in [0.4, 0.5) is 5.69 Å². The van der Waals surface area contributed by atoms with Gasteiger partial charge in [-0.2, -0.15) is 0 Å². The minimum absolute atomic E-state index is 0.0204. The Bertz CT molecular complexity index is 1100. The number of nitro benzene ring substituents is 1. The summed E-state index contributed by atoms with van der Waals surface area (Å²) in [6.07, 6.45) is 4.06. The quantitative estimate of drug-likeness (QED) is 0.270. The lowest BCUT2D eigenvalue weighted by Gasteiger charge is -2.12. The van der Waals surface area contributed by atoms with E-state index in [1.54, 1.807) is 11.3 Å². The van der Waals surface area contributed by atoms with Gasteiger partial charge in [0.2, 0.25) is 0 Å². The van der Waals surface area contributed by atoms with Crippen molar-refractivity contribution in [1.82, 2.24) is 0 Å². The third-order valence-corrected chi connectivity index (χ3v) is 6.04.